The van der Waals surface area contributed by atoms with E-state index in [4.69, 9.17) is 0 Å². The lowest BCUT2D eigenvalue weighted by Gasteiger charge is -2.73. The molecule has 0 aromatic heterocycles. The van der Waals surface area contributed by atoms with Crippen molar-refractivity contribution in [2.75, 3.05) is 0 Å². The van der Waals surface area contributed by atoms with Crippen molar-refractivity contribution < 1.29 is 4.79 Å². The second-order valence-corrected chi connectivity index (χ2v) is 16.6. The second kappa shape index (κ2) is 7.86. The van der Waals surface area contributed by atoms with Crippen molar-refractivity contribution in [2.24, 2.45) is 56.2 Å². The molecule has 5 aliphatic rings. The van der Waals surface area contributed by atoms with E-state index in [1.165, 1.54) is 63.9 Å². The summed E-state index contributed by atoms with van der Waals surface area (Å²) in [5, 5.41) is 3.35. The number of hydrogen-bond acceptors (Lipinski definition) is 1. The molecule has 5 aliphatic carbocycles. The Morgan fingerprint density at radius 2 is 1.43 bits per heavy atom. The summed E-state index contributed by atoms with van der Waals surface area (Å²) in [6.07, 6.45) is 16.5. The topological polar surface area (TPSA) is 29.1 Å². The monoisotopic (exact) mass is 481 g/mol. The number of carbonyl (C=O) groups excluding carboxylic acids is 1. The maximum absolute atomic E-state index is 12.3. The van der Waals surface area contributed by atoms with E-state index in [2.05, 4.69) is 67.3 Å². The third kappa shape index (κ3) is 3.64. The predicted molar refractivity (Wildman–Crippen MR) is 147 cm³/mol. The summed E-state index contributed by atoms with van der Waals surface area (Å²) in [4.78, 5) is 12.3. The van der Waals surface area contributed by atoms with Crippen molar-refractivity contribution >= 4 is 5.91 Å². The van der Waals surface area contributed by atoms with E-state index < -0.39 is 0 Å². The Bertz CT molecular complexity index is 888. The minimum atomic E-state index is 0.00794. The van der Waals surface area contributed by atoms with E-state index >= 15 is 0 Å². The Labute approximate surface area is 216 Å². The fraction of sp³-hybridized carbons (Fsp3) is 0.909. The molecule has 9 atom stereocenters. The molecule has 0 saturated heterocycles. The van der Waals surface area contributed by atoms with E-state index in [9.17, 15) is 4.79 Å². The zero-order valence-electron chi connectivity index (χ0n) is 24.4. The lowest BCUT2D eigenvalue weighted by Crippen LogP contribution is -2.67. The molecule has 0 bridgehead atoms. The van der Waals surface area contributed by atoms with Gasteiger partial charge in [-0.2, -0.15) is 0 Å². The van der Waals surface area contributed by atoms with E-state index in [-0.39, 0.29) is 17.4 Å². The highest BCUT2D eigenvalue weighted by Gasteiger charge is 2.69. The first-order valence-electron chi connectivity index (χ1n) is 15.0. The highest BCUT2D eigenvalue weighted by atomic mass is 16.1. The van der Waals surface area contributed by atoms with Crippen LogP contribution < -0.4 is 5.32 Å². The van der Waals surface area contributed by atoms with Crippen LogP contribution in [0, 0.1) is 56.2 Å². The molecule has 0 aromatic rings. The molecule has 2 heteroatoms. The van der Waals surface area contributed by atoms with Gasteiger partial charge in [-0.15, -0.1) is 0 Å². The van der Waals surface area contributed by atoms with Gasteiger partial charge in [0.2, 0.25) is 5.91 Å². The maximum atomic E-state index is 12.3. The summed E-state index contributed by atoms with van der Waals surface area (Å²) in [5.74, 6) is 3.31. The summed E-state index contributed by atoms with van der Waals surface area (Å²) < 4.78 is 0. The molecule has 2 unspecified atom stereocenters. The molecule has 0 radical (unpaired) electrons. The van der Waals surface area contributed by atoms with Crippen molar-refractivity contribution in [2.45, 2.75) is 132 Å². The fourth-order valence-electron chi connectivity index (χ4n) is 12.0. The van der Waals surface area contributed by atoms with Crippen LogP contribution in [0.1, 0.15) is 126 Å². The van der Waals surface area contributed by atoms with Gasteiger partial charge in [-0.3, -0.25) is 4.79 Å². The van der Waals surface area contributed by atoms with Gasteiger partial charge in [-0.1, -0.05) is 62.0 Å². The van der Waals surface area contributed by atoms with Crippen LogP contribution in [0.25, 0.3) is 0 Å². The number of fused-ring (bicyclic) bond motifs is 7. The average Bonchev–Trinajstić information content (AvgIpc) is 2.74. The van der Waals surface area contributed by atoms with Crippen LogP contribution >= 0.6 is 0 Å². The summed E-state index contributed by atoms with van der Waals surface area (Å²) in [6.45, 7) is 24.6. The van der Waals surface area contributed by atoms with Crippen LogP contribution in [0.2, 0.25) is 0 Å². The first kappa shape index (κ1) is 25.8. The van der Waals surface area contributed by atoms with Crippen LogP contribution in [0.3, 0.4) is 0 Å². The van der Waals surface area contributed by atoms with Gasteiger partial charge < -0.3 is 5.32 Å². The van der Waals surface area contributed by atoms with Crippen molar-refractivity contribution in [3.8, 4) is 0 Å². The summed E-state index contributed by atoms with van der Waals surface area (Å²) >= 11 is 0. The van der Waals surface area contributed by atoms with Crippen molar-refractivity contribution in [3.63, 3.8) is 0 Å². The van der Waals surface area contributed by atoms with Gasteiger partial charge in [0.25, 0.3) is 0 Å². The van der Waals surface area contributed by atoms with Crippen molar-refractivity contribution in [1.82, 2.24) is 5.32 Å². The number of rotatable bonds is 2. The van der Waals surface area contributed by atoms with Crippen LogP contribution in [0.15, 0.2) is 12.7 Å². The molecule has 5 fully saturated rings. The lowest BCUT2D eigenvalue weighted by molar-refractivity contribution is -0.245. The number of nitrogens with one attached hydrogen (secondary N) is 1. The molecular weight excluding hydrogens is 426 g/mol. The van der Waals surface area contributed by atoms with Gasteiger partial charge in [0.15, 0.2) is 0 Å². The molecule has 1 N–H and O–H groups in total. The van der Waals surface area contributed by atoms with E-state index in [0.717, 1.165) is 36.5 Å². The van der Waals surface area contributed by atoms with Crippen LogP contribution in [0.4, 0.5) is 0 Å². The van der Waals surface area contributed by atoms with Crippen LogP contribution in [0.5, 0.6) is 0 Å². The van der Waals surface area contributed by atoms with Gasteiger partial charge in [0.1, 0.15) is 0 Å². The zero-order valence-corrected chi connectivity index (χ0v) is 24.4. The quantitative estimate of drug-likeness (QED) is 0.393. The molecule has 1 amide bonds. The van der Waals surface area contributed by atoms with Gasteiger partial charge in [0, 0.05) is 6.04 Å². The largest absolute Gasteiger partial charge is 0.350 e. The average molecular weight is 482 g/mol. The minimum absolute atomic E-state index is 0.00794. The Morgan fingerprint density at radius 3 is 2.11 bits per heavy atom. The molecule has 0 aromatic carbocycles. The van der Waals surface area contributed by atoms with E-state index in [1.807, 2.05) is 0 Å². The SMILES string of the molecule is C=CC(=O)NC1CC(C)(C)C2CC[C@]3(C)[C@H](CC[C@@H]4[C@H]5CC(C)(C)CC[C@]5(C)CC[C@]43C)[C@@]2(C)C1. The fourth-order valence-corrected chi connectivity index (χ4v) is 12.0. The number of amides is 1. The van der Waals surface area contributed by atoms with Gasteiger partial charge in [-0.05, 0) is 133 Å². The van der Waals surface area contributed by atoms with E-state index in [1.54, 1.807) is 0 Å². The molecule has 0 aliphatic heterocycles. The second-order valence-electron chi connectivity index (χ2n) is 16.6. The summed E-state index contributed by atoms with van der Waals surface area (Å²) in [6, 6.07) is 0.276. The lowest BCUT2D eigenvalue weighted by atomic mass is 9.31. The normalized spacial score (nSPS) is 52.2. The Balaban J connectivity index is 1.50. The predicted octanol–water partition coefficient (Wildman–Crippen LogP) is 8.56. The first-order valence-corrected chi connectivity index (χ1v) is 15.0. The van der Waals surface area contributed by atoms with Crippen LogP contribution in [-0.2, 0) is 4.79 Å². The number of hydrogen-bond donors (Lipinski definition) is 1. The molecule has 5 rings (SSSR count). The Hall–Kier alpha value is -0.790. The highest BCUT2D eigenvalue weighted by molar-refractivity contribution is 5.87. The summed E-state index contributed by atoms with van der Waals surface area (Å²) in [7, 11) is 0. The molecule has 0 heterocycles. The molecule has 5 saturated carbocycles. The highest BCUT2D eigenvalue weighted by Crippen LogP contribution is 2.76. The Morgan fingerprint density at radius 1 is 0.743 bits per heavy atom. The molecule has 2 nitrogen and oxygen atoms in total. The molecule has 35 heavy (non-hydrogen) atoms. The smallest absolute Gasteiger partial charge is 0.243 e. The molecular formula is C33H55NO. The van der Waals surface area contributed by atoms with Crippen molar-refractivity contribution in [1.29, 1.82) is 0 Å². The van der Waals surface area contributed by atoms with Crippen LogP contribution in [-0.4, -0.2) is 11.9 Å². The minimum Gasteiger partial charge on any atom is -0.350 e. The van der Waals surface area contributed by atoms with E-state index in [0.29, 0.717) is 27.1 Å². The summed E-state index contributed by atoms with van der Waals surface area (Å²) in [5.41, 5.74) is 2.50. The first-order chi connectivity index (χ1) is 16.1. The Kier molecular flexibility index (Phi) is 5.80. The number of carbonyl (C=O) groups is 1. The molecule has 0 spiro atoms. The zero-order chi connectivity index (χ0) is 25.7. The maximum Gasteiger partial charge on any atom is 0.243 e. The van der Waals surface area contributed by atoms with Gasteiger partial charge >= 0.3 is 0 Å². The standard InChI is InChI=1S/C33H55NO/c1-10-27(35)34-22-19-29(4,5)25-13-14-33(9)26(31(25,7)20-22)12-11-23-24-21-28(2,3)15-16-30(24,6)17-18-32(23,33)8/h10,22-26H,1,11-21H2,2-9H3,(H,34,35)/t22?,23-,24-,25?,26-,30-,31+,32-,33-/m1/s1. The van der Waals surface area contributed by atoms with Crippen molar-refractivity contribution in [3.05, 3.63) is 12.7 Å². The third-order valence-corrected chi connectivity index (χ3v) is 13.9. The van der Waals surface area contributed by atoms with Gasteiger partial charge in [0.05, 0.1) is 0 Å². The third-order valence-electron chi connectivity index (χ3n) is 13.9. The van der Waals surface area contributed by atoms with Gasteiger partial charge in [-0.25, -0.2) is 0 Å². The molecule has 198 valence electrons.